The molecule has 0 aliphatic carbocycles. The number of aryl methyl sites for hydroxylation is 1. The summed E-state index contributed by atoms with van der Waals surface area (Å²) in [5.41, 5.74) is 0. The van der Waals surface area contributed by atoms with Gasteiger partial charge in [0, 0.05) is 25.5 Å². The highest BCUT2D eigenvalue weighted by atomic mass is 35.5. The molecule has 0 spiro atoms. The van der Waals surface area contributed by atoms with Crippen LogP contribution >= 0.6 is 11.6 Å². The molecule has 84 valence electrons. The van der Waals surface area contributed by atoms with E-state index >= 15 is 0 Å². The molecule has 0 amide bonds. The summed E-state index contributed by atoms with van der Waals surface area (Å²) in [5, 5.41) is 11.4. The summed E-state index contributed by atoms with van der Waals surface area (Å²) in [7, 11) is 0. The maximum absolute atomic E-state index is 5.95. The summed E-state index contributed by atoms with van der Waals surface area (Å²) >= 11 is 5.95. The SMILES string of the molecule is Clc1cccnc1NCCCn1ccnn1. The molecular formula is C10H12ClN5. The molecule has 0 saturated carbocycles. The lowest BCUT2D eigenvalue weighted by molar-refractivity contribution is 0.569. The zero-order chi connectivity index (χ0) is 11.2. The Morgan fingerprint density at radius 1 is 1.38 bits per heavy atom. The minimum absolute atomic E-state index is 0.642. The number of nitrogens with one attached hydrogen (secondary N) is 1. The lowest BCUT2D eigenvalue weighted by Crippen LogP contribution is -2.08. The molecule has 16 heavy (non-hydrogen) atoms. The predicted molar refractivity (Wildman–Crippen MR) is 62.4 cm³/mol. The number of anilines is 1. The molecule has 2 rings (SSSR count). The largest absolute Gasteiger partial charge is 0.369 e. The Hall–Kier alpha value is -1.62. The second-order valence-corrected chi connectivity index (χ2v) is 3.69. The van der Waals surface area contributed by atoms with Crippen molar-refractivity contribution in [2.45, 2.75) is 13.0 Å². The molecule has 0 saturated heterocycles. The first-order valence-electron chi connectivity index (χ1n) is 5.05. The Morgan fingerprint density at radius 2 is 2.31 bits per heavy atom. The van der Waals surface area contributed by atoms with Crippen LogP contribution in [0.1, 0.15) is 6.42 Å². The average molecular weight is 238 g/mol. The number of nitrogens with zero attached hydrogens (tertiary/aromatic N) is 4. The van der Waals surface area contributed by atoms with Crippen LogP contribution in [0.15, 0.2) is 30.7 Å². The Morgan fingerprint density at radius 3 is 3.06 bits per heavy atom. The van der Waals surface area contributed by atoms with Crippen LogP contribution in [0, 0.1) is 0 Å². The van der Waals surface area contributed by atoms with E-state index in [1.54, 1.807) is 17.1 Å². The highest BCUT2D eigenvalue weighted by Gasteiger charge is 1.98. The van der Waals surface area contributed by atoms with Crippen molar-refractivity contribution in [3.8, 4) is 0 Å². The summed E-state index contributed by atoms with van der Waals surface area (Å²) < 4.78 is 1.79. The third-order valence-corrected chi connectivity index (χ3v) is 2.39. The van der Waals surface area contributed by atoms with Crippen molar-refractivity contribution in [3.05, 3.63) is 35.7 Å². The van der Waals surface area contributed by atoms with Crippen molar-refractivity contribution >= 4 is 17.4 Å². The quantitative estimate of drug-likeness (QED) is 0.807. The van der Waals surface area contributed by atoms with Crippen LogP contribution in [0.25, 0.3) is 0 Å². The summed E-state index contributed by atoms with van der Waals surface area (Å²) in [4.78, 5) is 4.13. The maximum Gasteiger partial charge on any atom is 0.144 e. The number of pyridine rings is 1. The molecule has 2 aromatic heterocycles. The topological polar surface area (TPSA) is 55.6 Å². The molecule has 0 aliphatic heterocycles. The molecule has 6 heteroatoms. The first-order valence-corrected chi connectivity index (χ1v) is 5.42. The number of hydrogen-bond acceptors (Lipinski definition) is 4. The second kappa shape index (κ2) is 5.46. The molecule has 2 heterocycles. The normalized spacial score (nSPS) is 10.3. The van der Waals surface area contributed by atoms with E-state index in [4.69, 9.17) is 11.6 Å². The smallest absolute Gasteiger partial charge is 0.144 e. The van der Waals surface area contributed by atoms with Gasteiger partial charge in [-0.25, -0.2) is 4.98 Å². The zero-order valence-corrected chi connectivity index (χ0v) is 9.43. The number of hydrogen-bond donors (Lipinski definition) is 1. The van der Waals surface area contributed by atoms with Crippen LogP contribution in [0.2, 0.25) is 5.02 Å². The van der Waals surface area contributed by atoms with E-state index in [1.165, 1.54) is 0 Å². The lowest BCUT2D eigenvalue weighted by atomic mass is 10.4. The summed E-state index contributed by atoms with van der Waals surface area (Å²) in [6.45, 7) is 1.63. The lowest BCUT2D eigenvalue weighted by Gasteiger charge is -2.06. The monoisotopic (exact) mass is 237 g/mol. The molecule has 2 aromatic rings. The Kier molecular flexibility index (Phi) is 3.71. The van der Waals surface area contributed by atoms with Gasteiger partial charge < -0.3 is 5.32 Å². The van der Waals surface area contributed by atoms with Gasteiger partial charge in [-0.05, 0) is 18.6 Å². The second-order valence-electron chi connectivity index (χ2n) is 3.28. The standard InChI is InChI=1S/C10H12ClN5/c11-9-3-1-4-12-10(9)13-5-2-7-16-8-6-14-15-16/h1,3-4,6,8H,2,5,7H2,(H,12,13). The van der Waals surface area contributed by atoms with E-state index in [0.29, 0.717) is 5.02 Å². The molecule has 0 bridgehead atoms. The van der Waals surface area contributed by atoms with Crippen LogP contribution in [0.5, 0.6) is 0 Å². The van der Waals surface area contributed by atoms with E-state index in [1.807, 2.05) is 18.3 Å². The predicted octanol–water partition coefficient (Wildman–Crippen LogP) is 1.83. The molecular weight excluding hydrogens is 226 g/mol. The molecule has 0 aliphatic rings. The number of rotatable bonds is 5. The molecule has 0 unspecified atom stereocenters. The maximum atomic E-state index is 5.95. The van der Waals surface area contributed by atoms with E-state index in [-0.39, 0.29) is 0 Å². The summed E-state index contributed by atoms with van der Waals surface area (Å²) in [6.07, 6.45) is 6.17. The van der Waals surface area contributed by atoms with Gasteiger partial charge in [-0.1, -0.05) is 16.8 Å². The van der Waals surface area contributed by atoms with E-state index in [0.717, 1.165) is 25.3 Å². The minimum atomic E-state index is 0.642. The van der Waals surface area contributed by atoms with Crippen molar-refractivity contribution < 1.29 is 0 Å². The van der Waals surface area contributed by atoms with Gasteiger partial charge in [0.05, 0.1) is 11.2 Å². The van der Waals surface area contributed by atoms with Gasteiger partial charge in [0.2, 0.25) is 0 Å². The van der Waals surface area contributed by atoms with Crippen molar-refractivity contribution in [1.82, 2.24) is 20.0 Å². The third-order valence-electron chi connectivity index (χ3n) is 2.09. The first-order chi connectivity index (χ1) is 7.86. The van der Waals surface area contributed by atoms with Crippen LogP contribution in [0.3, 0.4) is 0 Å². The first kappa shape index (κ1) is 10.9. The Balaban J connectivity index is 1.74. The van der Waals surface area contributed by atoms with Crippen molar-refractivity contribution in [2.24, 2.45) is 0 Å². The molecule has 0 atom stereocenters. The molecule has 1 N–H and O–H groups in total. The van der Waals surface area contributed by atoms with Crippen LogP contribution in [-0.4, -0.2) is 26.5 Å². The van der Waals surface area contributed by atoms with Gasteiger partial charge in [-0.2, -0.15) is 0 Å². The van der Waals surface area contributed by atoms with Crippen LogP contribution < -0.4 is 5.32 Å². The number of aromatic nitrogens is 4. The van der Waals surface area contributed by atoms with Gasteiger partial charge in [-0.15, -0.1) is 5.10 Å². The molecule has 0 aromatic carbocycles. The van der Waals surface area contributed by atoms with Crippen LogP contribution in [0.4, 0.5) is 5.82 Å². The van der Waals surface area contributed by atoms with Crippen molar-refractivity contribution in [3.63, 3.8) is 0 Å². The fraction of sp³-hybridized carbons (Fsp3) is 0.300. The summed E-state index contributed by atoms with van der Waals surface area (Å²) in [5.74, 6) is 0.725. The Bertz CT molecular complexity index is 429. The molecule has 0 radical (unpaired) electrons. The highest BCUT2D eigenvalue weighted by Crippen LogP contribution is 2.16. The fourth-order valence-electron chi connectivity index (χ4n) is 1.32. The van der Waals surface area contributed by atoms with Crippen molar-refractivity contribution in [2.75, 3.05) is 11.9 Å². The zero-order valence-electron chi connectivity index (χ0n) is 8.67. The molecule has 0 fully saturated rings. The van der Waals surface area contributed by atoms with E-state index in [2.05, 4.69) is 20.6 Å². The van der Waals surface area contributed by atoms with Gasteiger partial charge in [0.15, 0.2) is 0 Å². The van der Waals surface area contributed by atoms with Crippen LogP contribution in [-0.2, 0) is 6.54 Å². The van der Waals surface area contributed by atoms with E-state index in [9.17, 15) is 0 Å². The number of halogens is 1. The minimum Gasteiger partial charge on any atom is -0.369 e. The molecule has 5 nitrogen and oxygen atoms in total. The Labute approximate surface area is 98.5 Å². The van der Waals surface area contributed by atoms with Gasteiger partial charge in [-0.3, -0.25) is 4.68 Å². The van der Waals surface area contributed by atoms with Gasteiger partial charge >= 0.3 is 0 Å². The highest BCUT2D eigenvalue weighted by molar-refractivity contribution is 6.32. The fourth-order valence-corrected chi connectivity index (χ4v) is 1.50. The van der Waals surface area contributed by atoms with Gasteiger partial charge in [0.25, 0.3) is 0 Å². The van der Waals surface area contributed by atoms with Crippen molar-refractivity contribution in [1.29, 1.82) is 0 Å². The van der Waals surface area contributed by atoms with E-state index < -0.39 is 0 Å². The average Bonchev–Trinajstić information content (AvgIpc) is 2.79. The summed E-state index contributed by atoms with van der Waals surface area (Å²) in [6, 6.07) is 3.62. The third kappa shape index (κ3) is 2.93. The van der Waals surface area contributed by atoms with Gasteiger partial charge in [0.1, 0.15) is 5.82 Å².